The second kappa shape index (κ2) is 4.39. The fourth-order valence-electron chi connectivity index (χ4n) is 1.02. The summed E-state index contributed by atoms with van der Waals surface area (Å²) in [5.41, 5.74) is 0. The summed E-state index contributed by atoms with van der Waals surface area (Å²) in [6.45, 7) is 1.41. The van der Waals surface area contributed by atoms with Gasteiger partial charge in [-0.05, 0) is 0 Å². The van der Waals surface area contributed by atoms with E-state index in [1.54, 1.807) is 0 Å². The van der Waals surface area contributed by atoms with Gasteiger partial charge >= 0.3 is 5.97 Å². The van der Waals surface area contributed by atoms with Crippen LogP contribution in [0.4, 0.5) is 0 Å². The number of aliphatic hydroxyl groups is 1. The topological polar surface area (TPSA) is 76.0 Å². The van der Waals surface area contributed by atoms with E-state index in [9.17, 15) is 4.79 Å². The van der Waals surface area contributed by atoms with Gasteiger partial charge in [-0.25, -0.2) is 4.79 Å². The first-order chi connectivity index (χ1) is 5.72. The first-order valence-electron chi connectivity index (χ1n) is 3.78. The van der Waals surface area contributed by atoms with Crippen molar-refractivity contribution in [1.82, 2.24) is 0 Å². The van der Waals surface area contributed by atoms with Gasteiger partial charge in [0.25, 0.3) is 0 Å². The Bertz CT molecular complexity index is 150. The van der Waals surface area contributed by atoms with Crippen LogP contribution in [0.1, 0.15) is 0 Å². The minimum absolute atomic E-state index is 0.244. The summed E-state index contributed by atoms with van der Waals surface area (Å²) in [5, 5.41) is 17.6. The van der Waals surface area contributed by atoms with Gasteiger partial charge in [0.15, 0.2) is 6.10 Å². The standard InChI is InChI=1S/C7H12O5/c8-6(7(9)10)5-3-11-1-2-12-4-5/h5-6,8H,1-4H2,(H,9,10). The van der Waals surface area contributed by atoms with E-state index in [2.05, 4.69) is 0 Å². The van der Waals surface area contributed by atoms with Crippen LogP contribution in [0.3, 0.4) is 0 Å². The lowest BCUT2D eigenvalue weighted by molar-refractivity contribution is -0.151. The Balaban J connectivity index is 2.42. The molecule has 12 heavy (non-hydrogen) atoms. The lowest BCUT2D eigenvalue weighted by atomic mass is 10.1. The molecule has 1 unspecified atom stereocenters. The van der Waals surface area contributed by atoms with Crippen LogP contribution in [0.5, 0.6) is 0 Å². The first-order valence-corrected chi connectivity index (χ1v) is 3.78. The molecule has 5 nitrogen and oxygen atoms in total. The third-order valence-corrected chi connectivity index (χ3v) is 1.74. The normalized spacial score (nSPS) is 23.1. The van der Waals surface area contributed by atoms with Gasteiger partial charge in [0.2, 0.25) is 0 Å². The minimum Gasteiger partial charge on any atom is -0.479 e. The maximum Gasteiger partial charge on any atom is 0.332 e. The molecule has 1 aliphatic rings. The van der Waals surface area contributed by atoms with Gasteiger partial charge in [0.1, 0.15) is 0 Å². The SMILES string of the molecule is O=C(O)C(O)C1COCCOC1. The highest BCUT2D eigenvalue weighted by molar-refractivity contribution is 5.72. The molecule has 1 saturated heterocycles. The van der Waals surface area contributed by atoms with Crippen molar-refractivity contribution < 1.29 is 24.5 Å². The predicted octanol–water partition coefficient (Wildman–Crippen LogP) is -0.905. The van der Waals surface area contributed by atoms with E-state index < -0.39 is 18.0 Å². The van der Waals surface area contributed by atoms with Gasteiger partial charge in [0, 0.05) is 5.92 Å². The maximum absolute atomic E-state index is 10.3. The van der Waals surface area contributed by atoms with E-state index >= 15 is 0 Å². The number of carboxylic acid groups (broad SMARTS) is 1. The molecule has 0 saturated carbocycles. The van der Waals surface area contributed by atoms with Crippen molar-refractivity contribution in [3.63, 3.8) is 0 Å². The molecule has 0 spiro atoms. The van der Waals surface area contributed by atoms with Gasteiger partial charge < -0.3 is 19.7 Å². The van der Waals surface area contributed by atoms with Gasteiger partial charge in [-0.15, -0.1) is 0 Å². The van der Waals surface area contributed by atoms with Gasteiger partial charge in [-0.3, -0.25) is 0 Å². The largest absolute Gasteiger partial charge is 0.479 e. The number of rotatable bonds is 2. The van der Waals surface area contributed by atoms with Gasteiger partial charge in [0.05, 0.1) is 26.4 Å². The molecule has 1 aliphatic heterocycles. The Labute approximate surface area is 69.9 Å². The molecule has 0 aromatic carbocycles. The number of carboxylic acids is 1. The third-order valence-electron chi connectivity index (χ3n) is 1.74. The number of carbonyl (C=O) groups is 1. The summed E-state index contributed by atoms with van der Waals surface area (Å²) in [7, 11) is 0. The molecule has 0 amide bonds. The van der Waals surface area contributed by atoms with Gasteiger partial charge in [-0.2, -0.15) is 0 Å². The number of aliphatic carboxylic acids is 1. The predicted molar refractivity (Wildman–Crippen MR) is 38.8 cm³/mol. The van der Waals surface area contributed by atoms with Crippen LogP contribution >= 0.6 is 0 Å². The van der Waals surface area contributed by atoms with Crippen molar-refractivity contribution in [3.05, 3.63) is 0 Å². The molecule has 1 atom stereocenters. The van der Waals surface area contributed by atoms with E-state index in [0.717, 1.165) is 0 Å². The van der Waals surface area contributed by atoms with Crippen molar-refractivity contribution in [3.8, 4) is 0 Å². The Hall–Kier alpha value is -0.650. The highest BCUT2D eigenvalue weighted by Gasteiger charge is 2.27. The zero-order chi connectivity index (χ0) is 8.97. The van der Waals surface area contributed by atoms with Crippen LogP contribution in [0.25, 0.3) is 0 Å². The first kappa shape index (κ1) is 9.44. The summed E-state index contributed by atoms with van der Waals surface area (Å²) in [4.78, 5) is 10.3. The van der Waals surface area contributed by atoms with Crippen LogP contribution < -0.4 is 0 Å². The van der Waals surface area contributed by atoms with E-state index in [1.807, 2.05) is 0 Å². The Morgan fingerprint density at radius 1 is 1.33 bits per heavy atom. The molecule has 2 N–H and O–H groups in total. The molecule has 0 aliphatic carbocycles. The zero-order valence-corrected chi connectivity index (χ0v) is 6.60. The molecular formula is C7H12O5. The van der Waals surface area contributed by atoms with Crippen LogP contribution in [0.15, 0.2) is 0 Å². The fourth-order valence-corrected chi connectivity index (χ4v) is 1.02. The smallest absolute Gasteiger partial charge is 0.332 e. The molecule has 0 aromatic heterocycles. The third kappa shape index (κ3) is 2.44. The number of hydrogen-bond donors (Lipinski definition) is 2. The lowest BCUT2D eigenvalue weighted by Crippen LogP contribution is -2.34. The van der Waals surface area contributed by atoms with Crippen molar-refractivity contribution in [1.29, 1.82) is 0 Å². The molecular weight excluding hydrogens is 164 g/mol. The van der Waals surface area contributed by atoms with Crippen LogP contribution in [0.2, 0.25) is 0 Å². The lowest BCUT2D eigenvalue weighted by Gasteiger charge is -2.15. The van der Waals surface area contributed by atoms with E-state index in [-0.39, 0.29) is 13.2 Å². The van der Waals surface area contributed by atoms with E-state index in [4.69, 9.17) is 19.7 Å². The molecule has 1 heterocycles. The summed E-state index contributed by atoms with van der Waals surface area (Å²) >= 11 is 0. The highest BCUT2D eigenvalue weighted by Crippen LogP contribution is 2.08. The molecule has 0 bridgehead atoms. The van der Waals surface area contributed by atoms with E-state index in [1.165, 1.54) is 0 Å². The average Bonchev–Trinajstić information content (AvgIpc) is 2.30. The zero-order valence-electron chi connectivity index (χ0n) is 6.60. The molecule has 1 fully saturated rings. The minimum atomic E-state index is -1.39. The Morgan fingerprint density at radius 3 is 2.25 bits per heavy atom. The number of aliphatic hydroxyl groups excluding tert-OH is 1. The van der Waals surface area contributed by atoms with Gasteiger partial charge in [-0.1, -0.05) is 0 Å². The van der Waals surface area contributed by atoms with Crippen molar-refractivity contribution >= 4 is 5.97 Å². The molecule has 0 radical (unpaired) electrons. The summed E-state index contributed by atoms with van der Waals surface area (Å²) in [6, 6.07) is 0. The van der Waals surface area contributed by atoms with Crippen molar-refractivity contribution in [2.45, 2.75) is 6.10 Å². The second-order valence-electron chi connectivity index (χ2n) is 2.69. The molecule has 70 valence electrons. The quantitative estimate of drug-likeness (QED) is 0.570. The number of ether oxygens (including phenoxy) is 2. The second-order valence-corrected chi connectivity index (χ2v) is 2.69. The van der Waals surface area contributed by atoms with Crippen molar-refractivity contribution in [2.24, 2.45) is 5.92 Å². The Morgan fingerprint density at radius 2 is 1.83 bits per heavy atom. The summed E-state index contributed by atoms with van der Waals surface area (Å²) in [5.74, 6) is -1.68. The molecule has 1 rings (SSSR count). The Kier molecular flexibility index (Phi) is 3.46. The average molecular weight is 176 g/mol. The molecule has 5 heteroatoms. The number of hydrogen-bond acceptors (Lipinski definition) is 4. The maximum atomic E-state index is 10.3. The van der Waals surface area contributed by atoms with Crippen molar-refractivity contribution in [2.75, 3.05) is 26.4 Å². The summed E-state index contributed by atoms with van der Waals surface area (Å²) < 4.78 is 10.1. The summed E-state index contributed by atoms with van der Waals surface area (Å²) in [6.07, 6.45) is -1.39. The van der Waals surface area contributed by atoms with Crippen LogP contribution in [-0.4, -0.2) is 48.7 Å². The van der Waals surface area contributed by atoms with Crippen LogP contribution in [0, 0.1) is 5.92 Å². The molecule has 0 aromatic rings. The van der Waals surface area contributed by atoms with E-state index in [0.29, 0.717) is 13.2 Å². The van der Waals surface area contributed by atoms with Crippen LogP contribution in [-0.2, 0) is 14.3 Å². The fraction of sp³-hybridized carbons (Fsp3) is 0.857. The monoisotopic (exact) mass is 176 g/mol. The highest BCUT2D eigenvalue weighted by atomic mass is 16.5.